The first-order chi connectivity index (χ1) is 12.7. The molecule has 0 aliphatic rings. The number of sulfonamides is 1. The van der Waals surface area contributed by atoms with E-state index in [1.165, 1.54) is 12.1 Å². The van der Waals surface area contributed by atoms with Gasteiger partial charge in [0.05, 0.1) is 10.6 Å². The zero-order valence-corrected chi connectivity index (χ0v) is 17.4. The summed E-state index contributed by atoms with van der Waals surface area (Å²) in [5, 5.41) is -1.01. The van der Waals surface area contributed by atoms with Crippen LogP contribution in [-0.4, -0.2) is 43.2 Å². The summed E-state index contributed by atoms with van der Waals surface area (Å²) in [5.41, 5.74) is 1.48. The maximum atomic E-state index is 13.2. The maximum absolute atomic E-state index is 13.2. The number of benzene rings is 2. The Morgan fingerprint density at radius 1 is 0.926 bits per heavy atom. The number of hydrogen-bond acceptors (Lipinski definition) is 5. The molecule has 0 unspecified atom stereocenters. The lowest BCUT2D eigenvalue weighted by molar-refractivity contribution is 0.568. The Balaban J connectivity index is 2.42. The van der Waals surface area contributed by atoms with Gasteiger partial charge in [-0.25, -0.2) is 21.6 Å². The molecule has 148 valence electrons. The highest BCUT2D eigenvalue weighted by atomic mass is 32.2. The maximum Gasteiger partial charge on any atom is 0.211 e. The standard InChI is InChI=1S/C19H26N2O4S2/c1-4-14-26(22,23)20-15-19(16-10-12-17(13-11-16)21(2)3)27(24,25)18-8-6-5-7-9-18/h5-13,19-20H,4,14-15H2,1-3H3/t19-/m0/s1. The van der Waals surface area contributed by atoms with Crippen molar-refractivity contribution in [2.24, 2.45) is 0 Å². The third-order valence-electron chi connectivity index (χ3n) is 4.19. The van der Waals surface area contributed by atoms with E-state index < -0.39 is 25.1 Å². The molecule has 0 amide bonds. The summed E-state index contributed by atoms with van der Waals surface area (Å²) in [4.78, 5) is 2.08. The van der Waals surface area contributed by atoms with Crippen molar-refractivity contribution in [3.63, 3.8) is 0 Å². The number of hydrogen-bond donors (Lipinski definition) is 1. The molecule has 0 saturated heterocycles. The van der Waals surface area contributed by atoms with E-state index in [0.29, 0.717) is 12.0 Å². The Morgan fingerprint density at radius 3 is 2.04 bits per heavy atom. The van der Waals surface area contributed by atoms with Crippen molar-refractivity contribution in [2.75, 3.05) is 31.3 Å². The molecule has 2 rings (SSSR count). The zero-order chi connectivity index (χ0) is 20.1. The summed E-state index contributed by atoms with van der Waals surface area (Å²) >= 11 is 0. The van der Waals surface area contributed by atoms with Crippen LogP contribution in [-0.2, 0) is 19.9 Å². The lowest BCUT2D eigenvalue weighted by Crippen LogP contribution is -2.33. The third-order valence-corrected chi connectivity index (χ3v) is 7.86. The molecule has 2 aromatic carbocycles. The molecular weight excluding hydrogens is 384 g/mol. The van der Waals surface area contributed by atoms with Gasteiger partial charge in [-0.1, -0.05) is 37.3 Å². The summed E-state index contributed by atoms with van der Waals surface area (Å²) in [5.74, 6) is -0.0370. The second-order valence-electron chi connectivity index (χ2n) is 6.50. The van der Waals surface area contributed by atoms with Crippen LogP contribution in [0.5, 0.6) is 0 Å². The van der Waals surface area contributed by atoms with Crippen LogP contribution in [0.2, 0.25) is 0 Å². The SMILES string of the molecule is CCCS(=O)(=O)NC[C@@H](c1ccc(N(C)C)cc1)S(=O)(=O)c1ccccc1. The van der Waals surface area contributed by atoms with E-state index in [1.807, 2.05) is 31.1 Å². The first kappa shape index (κ1) is 21.4. The minimum absolute atomic E-state index is 0.0370. The van der Waals surface area contributed by atoms with E-state index in [4.69, 9.17) is 0 Å². The molecule has 6 nitrogen and oxygen atoms in total. The minimum Gasteiger partial charge on any atom is -0.378 e. The predicted molar refractivity (Wildman–Crippen MR) is 109 cm³/mol. The summed E-state index contributed by atoms with van der Waals surface area (Å²) in [7, 11) is -3.50. The monoisotopic (exact) mass is 410 g/mol. The van der Waals surface area contributed by atoms with Gasteiger partial charge in [0.2, 0.25) is 10.0 Å². The van der Waals surface area contributed by atoms with Gasteiger partial charge in [0.1, 0.15) is 5.25 Å². The van der Waals surface area contributed by atoms with Crippen LogP contribution in [0.25, 0.3) is 0 Å². The van der Waals surface area contributed by atoms with Gasteiger partial charge >= 0.3 is 0 Å². The van der Waals surface area contributed by atoms with Crippen LogP contribution in [0.1, 0.15) is 24.2 Å². The Morgan fingerprint density at radius 2 is 1.52 bits per heavy atom. The Labute approximate surface area is 162 Å². The normalized spacial score (nSPS) is 13.3. The van der Waals surface area contributed by atoms with Gasteiger partial charge < -0.3 is 4.90 Å². The van der Waals surface area contributed by atoms with Crippen LogP contribution in [0.15, 0.2) is 59.5 Å². The molecule has 0 aliphatic carbocycles. The highest BCUT2D eigenvalue weighted by molar-refractivity contribution is 7.92. The first-order valence-electron chi connectivity index (χ1n) is 8.71. The Kier molecular flexibility index (Phi) is 7.02. The van der Waals surface area contributed by atoms with Gasteiger partial charge in [-0.05, 0) is 36.2 Å². The molecule has 1 atom stereocenters. The van der Waals surface area contributed by atoms with Crippen LogP contribution in [0, 0.1) is 0 Å². The largest absolute Gasteiger partial charge is 0.378 e. The van der Waals surface area contributed by atoms with Crippen molar-refractivity contribution in [3.05, 3.63) is 60.2 Å². The fraction of sp³-hybridized carbons (Fsp3) is 0.368. The van der Waals surface area contributed by atoms with Gasteiger partial charge in [0, 0.05) is 26.3 Å². The molecule has 0 bridgehead atoms. The molecule has 0 saturated carbocycles. The number of sulfone groups is 1. The molecular formula is C19H26N2O4S2. The summed E-state index contributed by atoms with van der Waals surface area (Å²) in [6, 6.07) is 15.2. The van der Waals surface area contributed by atoms with Crippen molar-refractivity contribution < 1.29 is 16.8 Å². The molecule has 8 heteroatoms. The van der Waals surface area contributed by atoms with E-state index >= 15 is 0 Å². The fourth-order valence-corrected chi connectivity index (χ4v) is 5.60. The van der Waals surface area contributed by atoms with Gasteiger partial charge in [-0.2, -0.15) is 0 Å². The third kappa shape index (κ3) is 5.54. The highest BCUT2D eigenvalue weighted by Crippen LogP contribution is 2.29. The molecule has 0 aliphatic heterocycles. The molecule has 27 heavy (non-hydrogen) atoms. The van der Waals surface area contributed by atoms with Crippen molar-refractivity contribution in [1.29, 1.82) is 0 Å². The summed E-state index contributed by atoms with van der Waals surface area (Å²) in [6.07, 6.45) is 0.461. The predicted octanol–water partition coefficient (Wildman–Crippen LogP) is 2.60. The molecule has 2 aromatic rings. The minimum atomic E-state index is -3.77. The topological polar surface area (TPSA) is 83.6 Å². The summed E-state index contributed by atoms with van der Waals surface area (Å²) in [6.45, 7) is 1.55. The smallest absolute Gasteiger partial charge is 0.211 e. The lowest BCUT2D eigenvalue weighted by Gasteiger charge is -2.20. The van der Waals surface area contributed by atoms with Gasteiger partial charge in [-0.15, -0.1) is 0 Å². The van der Waals surface area contributed by atoms with Crippen LogP contribution in [0.4, 0.5) is 5.69 Å². The Hall–Kier alpha value is -1.90. The average molecular weight is 411 g/mol. The Bertz CT molecular complexity index is 939. The quantitative estimate of drug-likeness (QED) is 0.687. The average Bonchev–Trinajstić information content (AvgIpc) is 2.62. The number of nitrogens with zero attached hydrogens (tertiary/aromatic N) is 1. The molecule has 0 spiro atoms. The second kappa shape index (κ2) is 8.86. The van der Waals surface area contributed by atoms with E-state index in [2.05, 4.69) is 4.72 Å². The molecule has 1 N–H and O–H groups in total. The van der Waals surface area contributed by atoms with Gasteiger partial charge in [0.15, 0.2) is 9.84 Å². The number of anilines is 1. The van der Waals surface area contributed by atoms with E-state index in [1.54, 1.807) is 37.3 Å². The highest BCUT2D eigenvalue weighted by Gasteiger charge is 2.30. The second-order valence-corrected chi connectivity index (χ2v) is 10.6. The van der Waals surface area contributed by atoms with Crippen LogP contribution < -0.4 is 9.62 Å². The van der Waals surface area contributed by atoms with Crippen molar-refractivity contribution in [2.45, 2.75) is 23.5 Å². The molecule has 0 fully saturated rings. The van der Waals surface area contributed by atoms with E-state index in [9.17, 15) is 16.8 Å². The van der Waals surface area contributed by atoms with Crippen LogP contribution >= 0.6 is 0 Å². The van der Waals surface area contributed by atoms with Crippen molar-refractivity contribution >= 4 is 25.5 Å². The van der Waals surface area contributed by atoms with E-state index in [0.717, 1.165) is 5.69 Å². The number of rotatable bonds is 9. The lowest BCUT2D eigenvalue weighted by atomic mass is 10.1. The van der Waals surface area contributed by atoms with Gasteiger partial charge in [-0.3, -0.25) is 0 Å². The van der Waals surface area contributed by atoms with Crippen molar-refractivity contribution in [1.82, 2.24) is 4.72 Å². The van der Waals surface area contributed by atoms with Gasteiger partial charge in [0.25, 0.3) is 0 Å². The fourth-order valence-electron chi connectivity index (χ4n) is 2.71. The summed E-state index contributed by atoms with van der Waals surface area (Å²) < 4.78 is 52.9. The van der Waals surface area contributed by atoms with E-state index in [-0.39, 0.29) is 17.2 Å². The zero-order valence-electron chi connectivity index (χ0n) is 15.8. The van der Waals surface area contributed by atoms with Crippen LogP contribution in [0.3, 0.4) is 0 Å². The molecule has 0 aromatic heterocycles. The first-order valence-corrected chi connectivity index (χ1v) is 11.9. The molecule has 0 heterocycles. The number of nitrogens with one attached hydrogen (secondary N) is 1. The van der Waals surface area contributed by atoms with Crippen molar-refractivity contribution in [3.8, 4) is 0 Å². The molecule has 0 radical (unpaired) electrons.